The Balaban J connectivity index is 2.14. The maximum absolute atomic E-state index is 11.8. The molecule has 0 spiro atoms. The Labute approximate surface area is 119 Å². The van der Waals surface area contributed by atoms with Crippen LogP contribution in [-0.4, -0.2) is 12.3 Å². The summed E-state index contributed by atoms with van der Waals surface area (Å²) in [5.41, 5.74) is 11.5. The van der Waals surface area contributed by atoms with E-state index in [1.165, 1.54) is 22.3 Å². The number of carbonyl (C=O) groups excluding carboxylic acids is 1. The average Bonchev–Trinajstić information content (AvgIpc) is 2.81. The minimum atomic E-state index is 0.0130. The number of hydrogen-bond acceptors (Lipinski definition) is 2. The number of Topliss-reactive ketones (excluding diaryl/α,β-unsaturated/α-hetero) is 1. The molecule has 0 amide bonds. The molecule has 1 aliphatic carbocycles. The zero-order chi connectivity index (χ0) is 14.1. The summed E-state index contributed by atoms with van der Waals surface area (Å²) >= 11 is 0. The maximum atomic E-state index is 11.8. The molecule has 102 valence electrons. The third-order valence-electron chi connectivity index (χ3n) is 4.14. The van der Waals surface area contributed by atoms with E-state index in [2.05, 4.69) is 37.3 Å². The third kappa shape index (κ3) is 1.97. The van der Waals surface area contributed by atoms with Gasteiger partial charge >= 0.3 is 0 Å². The van der Waals surface area contributed by atoms with Gasteiger partial charge in [0.25, 0.3) is 0 Å². The predicted molar refractivity (Wildman–Crippen MR) is 82.0 cm³/mol. The van der Waals surface area contributed by atoms with E-state index in [0.717, 1.165) is 18.4 Å². The standard InChI is InChI=1S/C18H19NO/c1-2-5-13-14-6-3-4-7-15(14)16-9-8-12(10-17(13)16)18(20)11-19/h3-4,6-10,13H,2,5,11,19H2,1H3. The second kappa shape index (κ2) is 5.22. The van der Waals surface area contributed by atoms with Gasteiger partial charge in [-0.2, -0.15) is 0 Å². The first-order valence-electron chi connectivity index (χ1n) is 7.22. The van der Waals surface area contributed by atoms with E-state index in [-0.39, 0.29) is 12.3 Å². The van der Waals surface area contributed by atoms with Gasteiger partial charge in [-0.05, 0) is 34.7 Å². The molecule has 0 heterocycles. The summed E-state index contributed by atoms with van der Waals surface area (Å²) in [6, 6.07) is 14.6. The quantitative estimate of drug-likeness (QED) is 0.856. The lowest BCUT2D eigenvalue weighted by molar-refractivity contribution is 0.100. The van der Waals surface area contributed by atoms with E-state index >= 15 is 0 Å². The van der Waals surface area contributed by atoms with Crippen LogP contribution in [0.2, 0.25) is 0 Å². The SMILES string of the molecule is CCCC1c2ccccc2-c2ccc(C(=O)CN)cc21. The minimum Gasteiger partial charge on any atom is -0.324 e. The molecule has 2 nitrogen and oxygen atoms in total. The van der Waals surface area contributed by atoms with Crippen LogP contribution in [0.1, 0.15) is 47.2 Å². The molecule has 2 N–H and O–H groups in total. The summed E-state index contributed by atoms with van der Waals surface area (Å²) in [7, 11) is 0. The number of benzene rings is 2. The Morgan fingerprint density at radius 2 is 1.85 bits per heavy atom. The first kappa shape index (κ1) is 13.1. The van der Waals surface area contributed by atoms with Crippen molar-refractivity contribution >= 4 is 5.78 Å². The van der Waals surface area contributed by atoms with Crippen LogP contribution in [0.15, 0.2) is 42.5 Å². The Hall–Kier alpha value is -1.93. The van der Waals surface area contributed by atoms with E-state index in [1.54, 1.807) is 0 Å². The van der Waals surface area contributed by atoms with Crippen molar-refractivity contribution in [1.29, 1.82) is 0 Å². The number of nitrogens with two attached hydrogens (primary N) is 1. The predicted octanol–water partition coefficient (Wildman–Crippen LogP) is 3.74. The lowest BCUT2D eigenvalue weighted by Crippen LogP contribution is -2.13. The zero-order valence-electron chi connectivity index (χ0n) is 11.7. The molecular formula is C18H19NO. The first-order chi connectivity index (χ1) is 9.76. The smallest absolute Gasteiger partial charge is 0.176 e. The highest BCUT2D eigenvalue weighted by atomic mass is 16.1. The molecule has 0 saturated heterocycles. The van der Waals surface area contributed by atoms with Crippen LogP contribution in [0.5, 0.6) is 0 Å². The molecule has 2 aromatic carbocycles. The number of hydrogen-bond donors (Lipinski definition) is 1. The van der Waals surface area contributed by atoms with Crippen molar-refractivity contribution in [3.05, 3.63) is 59.2 Å². The fourth-order valence-corrected chi connectivity index (χ4v) is 3.20. The normalized spacial score (nSPS) is 15.8. The molecule has 2 aromatic rings. The summed E-state index contributed by atoms with van der Waals surface area (Å²) in [5.74, 6) is 0.427. The summed E-state index contributed by atoms with van der Waals surface area (Å²) in [6.45, 7) is 2.28. The van der Waals surface area contributed by atoms with Crippen LogP contribution >= 0.6 is 0 Å². The van der Waals surface area contributed by atoms with Gasteiger partial charge in [0, 0.05) is 11.5 Å². The molecule has 0 saturated carbocycles. The number of rotatable bonds is 4. The van der Waals surface area contributed by atoms with Gasteiger partial charge in [0.15, 0.2) is 5.78 Å². The molecule has 1 unspecified atom stereocenters. The highest BCUT2D eigenvalue weighted by molar-refractivity contribution is 5.98. The molecule has 3 rings (SSSR count). The summed E-state index contributed by atoms with van der Waals surface area (Å²) in [5, 5.41) is 0. The number of fused-ring (bicyclic) bond motifs is 3. The van der Waals surface area contributed by atoms with Crippen molar-refractivity contribution < 1.29 is 4.79 Å². The molecule has 0 fully saturated rings. The van der Waals surface area contributed by atoms with Crippen molar-refractivity contribution in [3.63, 3.8) is 0 Å². The van der Waals surface area contributed by atoms with Crippen molar-refractivity contribution in [2.75, 3.05) is 6.54 Å². The van der Waals surface area contributed by atoms with E-state index in [4.69, 9.17) is 5.73 Å². The zero-order valence-corrected chi connectivity index (χ0v) is 11.7. The van der Waals surface area contributed by atoms with Gasteiger partial charge in [0.05, 0.1) is 6.54 Å². The molecule has 0 bridgehead atoms. The van der Waals surface area contributed by atoms with Crippen LogP contribution in [-0.2, 0) is 0 Å². The Morgan fingerprint density at radius 3 is 2.60 bits per heavy atom. The van der Waals surface area contributed by atoms with E-state index in [1.807, 2.05) is 12.1 Å². The average molecular weight is 265 g/mol. The van der Waals surface area contributed by atoms with Crippen molar-refractivity contribution in [2.45, 2.75) is 25.7 Å². The summed E-state index contributed by atoms with van der Waals surface area (Å²) < 4.78 is 0. The number of ketones is 1. The fraction of sp³-hybridized carbons (Fsp3) is 0.278. The highest BCUT2D eigenvalue weighted by Gasteiger charge is 2.28. The monoisotopic (exact) mass is 265 g/mol. The second-order valence-corrected chi connectivity index (χ2v) is 5.36. The largest absolute Gasteiger partial charge is 0.324 e. The van der Waals surface area contributed by atoms with Crippen LogP contribution in [0.4, 0.5) is 0 Å². The van der Waals surface area contributed by atoms with E-state index < -0.39 is 0 Å². The molecule has 1 aliphatic rings. The van der Waals surface area contributed by atoms with Gasteiger partial charge < -0.3 is 5.73 Å². The third-order valence-corrected chi connectivity index (χ3v) is 4.14. The van der Waals surface area contributed by atoms with Gasteiger partial charge in [-0.3, -0.25) is 4.79 Å². The Kier molecular flexibility index (Phi) is 3.41. The summed E-state index contributed by atoms with van der Waals surface area (Å²) in [6.07, 6.45) is 2.25. The van der Waals surface area contributed by atoms with Gasteiger partial charge in [-0.1, -0.05) is 49.7 Å². The fourth-order valence-electron chi connectivity index (χ4n) is 3.20. The maximum Gasteiger partial charge on any atom is 0.176 e. The topological polar surface area (TPSA) is 43.1 Å². The molecule has 2 heteroatoms. The molecule has 0 aromatic heterocycles. The van der Waals surface area contributed by atoms with E-state index in [9.17, 15) is 4.79 Å². The van der Waals surface area contributed by atoms with Gasteiger partial charge in [0.2, 0.25) is 0 Å². The Morgan fingerprint density at radius 1 is 1.10 bits per heavy atom. The van der Waals surface area contributed by atoms with Crippen molar-refractivity contribution in [2.24, 2.45) is 5.73 Å². The number of carbonyl (C=O) groups is 1. The highest BCUT2D eigenvalue weighted by Crippen LogP contribution is 2.46. The van der Waals surface area contributed by atoms with Crippen LogP contribution < -0.4 is 5.73 Å². The lowest BCUT2D eigenvalue weighted by Gasteiger charge is -2.12. The van der Waals surface area contributed by atoms with Crippen molar-refractivity contribution in [3.8, 4) is 11.1 Å². The first-order valence-corrected chi connectivity index (χ1v) is 7.22. The summed E-state index contributed by atoms with van der Waals surface area (Å²) in [4.78, 5) is 11.8. The lowest BCUT2D eigenvalue weighted by atomic mass is 9.91. The van der Waals surface area contributed by atoms with Crippen molar-refractivity contribution in [1.82, 2.24) is 0 Å². The van der Waals surface area contributed by atoms with Crippen LogP contribution in [0.25, 0.3) is 11.1 Å². The molecular weight excluding hydrogens is 246 g/mol. The van der Waals surface area contributed by atoms with Gasteiger partial charge in [-0.15, -0.1) is 0 Å². The van der Waals surface area contributed by atoms with Crippen LogP contribution in [0, 0.1) is 0 Å². The molecule has 1 atom stereocenters. The van der Waals surface area contributed by atoms with E-state index in [0.29, 0.717) is 5.92 Å². The minimum absolute atomic E-state index is 0.0130. The van der Waals surface area contributed by atoms with Gasteiger partial charge in [0.1, 0.15) is 0 Å². The Bertz CT molecular complexity index is 660. The molecule has 20 heavy (non-hydrogen) atoms. The molecule has 0 aliphatic heterocycles. The van der Waals surface area contributed by atoms with Gasteiger partial charge in [-0.25, -0.2) is 0 Å². The molecule has 0 radical (unpaired) electrons. The second-order valence-electron chi connectivity index (χ2n) is 5.36. The van der Waals surface area contributed by atoms with Crippen LogP contribution in [0.3, 0.4) is 0 Å².